The minimum absolute atomic E-state index is 0.239. The smallest absolute Gasteiger partial charge is 0.266 e. The molecule has 176 valence electrons. The molecule has 1 aliphatic rings. The van der Waals surface area contributed by atoms with Crippen LogP contribution >= 0.6 is 34.5 Å². The van der Waals surface area contributed by atoms with Crippen LogP contribution in [0, 0.1) is 6.92 Å². The number of amides is 1. The van der Waals surface area contributed by atoms with Gasteiger partial charge in [0.1, 0.15) is 22.5 Å². The number of morpholine rings is 1. The molecule has 0 N–H and O–H groups in total. The number of halogens is 2. The van der Waals surface area contributed by atoms with Gasteiger partial charge in [0.05, 0.1) is 28.0 Å². The van der Waals surface area contributed by atoms with Crippen molar-refractivity contribution in [2.24, 2.45) is 0 Å². The molecule has 0 radical (unpaired) electrons. The van der Waals surface area contributed by atoms with E-state index in [4.69, 9.17) is 37.4 Å². The van der Waals surface area contributed by atoms with E-state index < -0.39 is 0 Å². The quantitative estimate of drug-likeness (QED) is 0.334. The van der Waals surface area contributed by atoms with Gasteiger partial charge in [-0.25, -0.2) is 4.98 Å². The van der Waals surface area contributed by atoms with Crippen molar-refractivity contribution in [3.05, 3.63) is 63.8 Å². The standard InChI is InChI=1S/C24H22Cl2N4O3S/c1-15-20(21(28-33-15)16-5-2-3-6-17(16)25)23(31)30(10-9-29-11-13-32-14-12-29)24-27-22-18(26)7-4-8-19(22)34-24/h2-8H,9-14H2,1H3. The molecule has 7 nitrogen and oxygen atoms in total. The number of hydrogen-bond acceptors (Lipinski definition) is 7. The summed E-state index contributed by atoms with van der Waals surface area (Å²) in [6.45, 7) is 5.89. The van der Waals surface area contributed by atoms with Crippen molar-refractivity contribution in [1.29, 1.82) is 0 Å². The summed E-state index contributed by atoms with van der Waals surface area (Å²) in [5, 5.41) is 5.81. The van der Waals surface area contributed by atoms with Crippen LogP contribution in [-0.2, 0) is 4.74 Å². The first-order valence-corrected chi connectivity index (χ1v) is 12.5. The minimum atomic E-state index is -0.239. The Labute approximate surface area is 210 Å². The first kappa shape index (κ1) is 23.3. The molecule has 0 spiro atoms. The van der Waals surface area contributed by atoms with Gasteiger partial charge in [0, 0.05) is 31.7 Å². The maximum absolute atomic E-state index is 14.0. The number of benzene rings is 2. The summed E-state index contributed by atoms with van der Waals surface area (Å²) in [6, 6.07) is 12.9. The van der Waals surface area contributed by atoms with E-state index in [1.807, 2.05) is 30.3 Å². The van der Waals surface area contributed by atoms with Crippen LogP contribution in [0.15, 0.2) is 47.0 Å². The summed E-state index contributed by atoms with van der Waals surface area (Å²) in [7, 11) is 0. The van der Waals surface area contributed by atoms with Gasteiger partial charge in [-0.05, 0) is 25.1 Å². The molecule has 0 saturated carbocycles. The minimum Gasteiger partial charge on any atom is -0.379 e. The molecule has 10 heteroatoms. The Hall–Kier alpha value is -2.49. The van der Waals surface area contributed by atoms with Crippen LogP contribution in [0.5, 0.6) is 0 Å². The van der Waals surface area contributed by atoms with Crippen molar-refractivity contribution in [2.45, 2.75) is 6.92 Å². The van der Waals surface area contributed by atoms with Crippen LogP contribution in [0.25, 0.3) is 21.5 Å². The maximum Gasteiger partial charge on any atom is 0.266 e. The molecule has 34 heavy (non-hydrogen) atoms. The third-order valence-electron chi connectivity index (χ3n) is 5.78. The van der Waals surface area contributed by atoms with E-state index in [1.165, 1.54) is 11.3 Å². The van der Waals surface area contributed by atoms with Crippen LogP contribution in [0.3, 0.4) is 0 Å². The van der Waals surface area contributed by atoms with E-state index in [2.05, 4.69) is 10.1 Å². The number of nitrogens with zero attached hydrogens (tertiary/aromatic N) is 4. The van der Waals surface area contributed by atoms with Crippen molar-refractivity contribution < 1.29 is 14.1 Å². The number of aryl methyl sites for hydroxylation is 1. The van der Waals surface area contributed by atoms with E-state index in [9.17, 15) is 4.79 Å². The zero-order valence-electron chi connectivity index (χ0n) is 18.5. The van der Waals surface area contributed by atoms with Gasteiger partial charge >= 0.3 is 0 Å². The van der Waals surface area contributed by atoms with Crippen molar-refractivity contribution in [2.75, 3.05) is 44.3 Å². The van der Waals surface area contributed by atoms with Crippen LogP contribution in [0.1, 0.15) is 16.1 Å². The topological polar surface area (TPSA) is 71.7 Å². The van der Waals surface area contributed by atoms with Crippen molar-refractivity contribution in [1.82, 2.24) is 15.0 Å². The lowest BCUT2D eigenvalue weighted by atomic mass is 10.1. The second kappa shape index (κ2) is 10.0. The Kier molecular flexibility index (Phi) is 6.85. The van der Waals surface area contributed by atoms with E-state index in [0.29, 0.717) is 69.6 Å². The number of hydrogen-bond donors (Lipinski definition) is 0. The number of rotatable bonds is 6. The molecule has 0 bridgehead atoms. The number of ether oxygens (including phenoxy) is 1. The predicted molar refractivity (Wildman–Crippen MR) is 135 cm³/mol. The lowest BCUT2D eigenvalue weighted by molar-refractivity contribution is 0.0391. The molecule has 0 atom stereocenters. The maximum atomic E-state index is 14.0. The molecule has 0 aliphatic carbocycles. The summed E-state index contributed by atoms with van der Waals surface area (Å²) in [5.74, 6) is 0.188. The summed E-state index contributed by atoms with van der Waals surface area (Å²) in [6.07, 6.45) is 0. The first-order valence-electron chi connectivity index (χ1n) is 10.9. The van der Waals surface area contributed by atoms with Crippen molar-refractivity contribution in [3.63, 3.8) is 0 Å². The average molecular weight is 517 g/mol. The van der Waals surface area contributed by atoms with Gasteiger partial charge in [-0.2, -0.15) is 0 Å². The zero-order valence-corrected chi connectivity index (χ0v) is 20.8. The molecule has 2 aromatic heterocycles. The second-order valence-corrected chi connectivity index (χ2v) is 9.76. The number of carbonyl (C=O) groups excluding carboxylic acids is 1. The van der Waals surface area contributed by atoms with Gasteiger partial charge in [-0.15, -0.1) is 0 Å². The lowest BCUT2D eigenvalue weighted by Gasteiger charge is -2.29. The monoisotopic (exact) mass is 516 g/mol. The third kappa shape index (κ3) is 4.56. The van der Waals surface area contributed by atoms with E-state index >= 15 is 0 Å². The summed E-state index contributed by atoms with van der Waals surface area (Å²) in [4.78, 5) is 22.7. The molecule has 2 aromatic carbocycles. The molecular weight excluding hydrogens is 495 g/mol. The lowest BCUT2D eigenvalue weighted by Crippen LogP contribution is -2.43. The molecule has 1 amide bonds. The Bertz CT molecular complexity index is 1330. The van der Waals surface area contributed by atoms with Gasteiger partial charge in [-0.1, -0.05) is 64.0 Å². The molecule has 0 unspecified atom stereocenters. The van der Waals surface area contributed by atoms with Crippen molar-refractivity contribution in [3.8, 4) is 11.3 Å². The number of para-hydroxylation sites is 1. The highest BCUT2D eigenvalue weighted by Gasteiger charge is 2.30. The molecule has 3 heterocycles. The predicted octanol–water partition coefficient (Wildman–Crippen LogP) is 5.55. The van der Waals surface area contributed by atoms with Gasteiger partial charge in [0.2, 0.25) is 0 Å². The van der Waals surface area contributed by atoms with Gasteiger partial charge < -0.3 is 9.26 Å². The Balaban J connectivity index is 1.55. The van der Waals surface area contributed by atoms with Crippen LogP contribution < -0.4 is 4.90 Å². The fourth-order valence-corrected chi connectivity index (χ4v) is 5.48. The summed E-state index contributed by atoms with van der Waals surface area (Å²) in [5.41, 5.74) is 2.12. The number of carbonyl (C=O) groups is 1. The highest BCUT2D eigenvalue weighted by Crippen LogP contribution is 2.36. The molecule has 5 rings (SSSR count). The Morgan fingerprint density at radius 3 is 2.65 bits per heavy atom. The fourth-order valence-electron chi connectivity index (χ4n) is 3.96. The van der Waals surface area contributed by atoms with E-state index in [-0.39, 0.29) is 5.91 Å². The molecule has 1 aliphatic heterocycles. The Morgan fingerprint density at radius 1 is 1.12 bits per heavy atom. The van der Waals surface area contributed by atoms with Gasteiger partial charge in [-0.3, -0.25) is 14.6 Å². The molecule has 4 aromatic rings. The van der Waals surface area contributed by atoms with E-state index in [0.717, 1.165) is 17.8 Å². The average Bonchev–Trinajstić information content (AvgIpc) is 3.44. The third-order valence-corrected chi connectivity index (χ3v) is 7.46. The van der Waals surface area contributed by atoms with Crippen LogP contribution in [0.4, 0.5) is 5.13 Å². The number of thiazole rings is 1. The van der Waals surface area contributed by atoms with Crippen LogP contribution in [-0.4, -0.2) is 60.3 Å². The normalized spacial score (nSPS) is 14.6. The molecular formula is C24H22Cl2N4O3S. The van der Waals surface area contributed by atoms with Crippen molar-refractivity contribution >= 4 is 55.8 Å². The highest BCUT2D eigenvalue weighted by atomic mass is 35.5. The zero-order chi connectivity index (χ0) is 23.7. The SMILES string of the molecule is Cc1onc(-c2ccccc2Cl)c1C(=O)N(CCN1CCOCC1)c1nc2c(Cl)cccc2s1. The van der Waals surface area contributed by atoms with Gasteiger partial charge in [0.15, 0.2) is 5.13 Å². The fraction of sp³-hybridized carbons (Fsp3) is 0.292. The molecule has 1 fully saturated rings. The molecule has 1 saturated heterocycles. The highest BCUT2D eigenvalue weighted by molar-refractivity contribution is 7.22. The number of fused-ring (bicyclic) bond motifs is 1. The number of aromatic nitrogens is 2. The summed E-state index contributed by atoms with van der Waals surface area (Å²) >= 11 is 14.2. The number of anilines is 1. The Morgan fingerprint density at radius 2 is 1.88 bits per heavy atom. The van der Waals surface area contributed by atoms with Gasteiger partial charge in [0.25, 0.3) is 5.91 Å². The largest absolute Gasteiger partial charge is 0.379 e. The summed E-state index contributed by atoms with van der Waals surface area (Å²) < 4.78 is 11.8. The van der Waals surface area contributed by atoms with E-state index in [1.54, 1.807) is 24.0 Å². The first-order chi connectivity index (χ1) is 16.5. The second-order valence-electron chi connectivity index (χ2n) is 7.94. The van der Waals surface area contributed by atoms with Crippen LogP contribution in [0.2, 0.25) is 10.0 Å².